The lowest BCUT2D eigenvalue weighted by Gasteiger charge is -2.14. The van der Waals surface area contributed by atoms with Gasteiger partial charge in [0.1, 0.15) is 11.4 Å². The highest BCUT2D eigenvalue weighted by Gasteiger charge is 2.41. The van der Waals surface area contributed by atoms with Crippen molar-refractivity contribution in [3.8, 4) is 0 Å². The Labute approximate surface area is 132 Å². The fraction of sp³-hybridized carbons (Fsp3) is 0.0667. The molecule has 0 spiro atoms. The molecule has 22 heavy (non-hydrogen) atoms. The van der Waals surface area contributed by atoms with Gasteiger partial charge in [0.15, 0.2) is 5.78 Å². The number of hydrogen-bond donors (Lipinski definition) is 0. The van der Waals surface area contributed by atoms with Crippen molar-refractivity contribution in [2.45, 2.75) is 4.90 Å². The highest BCUT2D eigenvalue weighted by atomic mass is 35.5. The van der Waals surface area contributed by atoms with E-state index in [1.54, 1.807) is 18.2 Å². The smallest absolute Gasteiger partial charge is 0.269 e. The third kappa shape index (κ3) is 2.30. The number of rotatable bonds is 3. The average Bonchev–Trinajstić information content (AvgIpc) is 2.69. The monoisotopic (exact) mass is 335 g/mol. The maximum atomic E-state index is 12.4. The molecule has 3 rings (SSSR count). The van der Waals surface area contributed by atoms with E-state index in [0.29, 0.717) is 9.33 Å². The molecule has 5 nitrogen and oxygen atoms in total. The second kappa shape index (κ2) is 5.23. The Hall–Kier alpha value is -2.18. The summed E-state index contributed by atoms with van der Waals surface area (Å²) in [7, 11) is -3.98. The fourth-order valence-electron chi connectivity index (χ4n) is 2.27. The van der Waals surface area contributed by atoms with E-state index < -0.39 is 28.3 Å². The van der Waals surface area contributed by atoms with Crippen molar-refractivity contribution in [2.75, 3.05) is 6.54 Å². The molecule has 1 heterocycles. The van der Waals surface area contributed by atoms with Crippen molar-refractivity contribution >= 4 is 33.3 Å². The summed E-state index contributed by atoms with van der Waals surface area (Å²) in [4.78, 5) is 24.4. The van der Waals surface area contributed by atoms with Crippen LogP contribution in [0.3, 0.4) is 0 Å². The summed E-state index contributed by atoms with van der Waals surface area (Å²) >= 11 is 5.81. The Balaban J connectivity index is 1.94. The van der Waals surface area contributed by atoms with E-state index in [-0.39, 0.29) is 16.0 Å². The topological polar surface area (TPSA) is 71.5 Å². The normalized spacial score (nSPS) is 15.7. The minimum absolute atomic E-state index is 0.0705. The van der Waals surface area contributed by atoms with E-state index in [1.165, 1.54) is 30.3 Å². The first kappa shape index (κ1) is 14.7. The molecule has 0 unspecified atom stereocenters. The molecule has 2 aromatic rings. The lowest BCUT2D eigenvalue weighted by atomic mass is 10.1. The van der Waals surface area contributed by atoms with Crippen molar-refractivity contribution in [1.29, 1.82) is 0 Å². The van der Waals surface area contributed by atoms with Crippen LogP contribution in [0.2, 0.25) is 5.02 Å². The van der Waals surface area contributed by atoms with Crippen LogP contribution in [-0.4, -0.2) is 31.0 Å². The first-order chi connectivity index (χ1) is 10.4. The van der Waals surface area contributed by atoms with Crippen molar-refractivity contribution in [2.24, 2.45) is 0 Å². The molecule has 112 valence electrons. The van der Waals surface area contributed by atoms with Crippen LogP contribution in [0.1, 0.15) is 20.7 Å². The lowest BCUT2D eigenvalue weighted by molar-refractivity contribution is 0.0820. The molecule has 1 aliphatic rings. The number of fused-ring (bicyclic) bond motifs is 1. The van der Waals surface area contributed by atoms with Gasteiger partial charge in [0.05, 0.1) is 5.56 Å². The zero-order valence-corrected chi connectivity index (χ0v) is 12.8. The molecule has 7 heteroatoms. The van der Waals surface area contributed by atoms with Crippen LogP contribution < -0.4 is 0 Å². The van der Waals surface area contributed by atoms with Crippen molar-refractivity contribution in [1.82, 2.24) is 4.31 Å². The zero-order valence-electron chi connectivity index (χ0n) is 11.2. The molecule has 0 radical (unpaired) electrons. The van der Waals surface area contributed by atoms with E-state index in [9.17, 15) is 18.0 Å². The number of carbonyl (C=O) groups excluding carboxylic acids is 2. The van der Waals surface area contributed by atoms with E-state index in [0.717, 1.165) is 0 Å². The number of Topliss-reactive ketones (excluding diaryl/α,β-unsaturated/α-hetero) is 1. The van der Waals surface area contributed by atoms with Gasteiger partial charge in [-0.05, 0) is 24.3 Å². The van der Waals surface area contributed by atoms with Gasteiger partial charge in [-0.1, -0.05) is 35.9 Å². The Morgan fingerprint density at radius 2 is 1.82 bits per heavy atom. The summed E-state index contributed by atoms with van der Waals surface area (Å²) in [6.07, 6.45) is 0. The summed E-state index contributed by atoms with van der Waals surface area (Å²) in [6.45, 7) is -0.545. The lowest BCUT2D eigenvalue weighted by Crippen LogP contribution is -2.35. The number of sulfonamides is 1. The Morgan fingerprint density at radius 3 is 2.50 bits per heavy atom. The Kier molecular flexibility index (Phi) is 3.50. The third-order valence-corrected chi connectivity index (χ3v) is 5.37. The minimum atomic E-state index is -3.98. The Bertz CT molecular complexity index is 892. The second-order valence-corrected chi connectivity index (χ2v) is 7.01. The largest absolute Gasteiger partial charge is 0.292 e. The van der Waals surface area contributed by atoms with Gasteiger partial charge in [-0.2, -0.15) is 0 Å². The van der Waals surface area contributed by atoms with Crippen LogP contribution in [0.15, 0.2) is 53.4 Å². The van der Waals surface area contributed by atoms with Gasteiger partial charge in [0, 0.05) is 10.6 Å². The number of amides is 1. The second-order valence-electron chi connectivity index (χ2n) is 4.75. The average molecular weight is 336 g/mol. The summed E-state index contributed by atoms with van der Waals surface area (Å²) in [6, 6.07) is 12.0. The quantitative estimate of drug-likeness (QED) is 0.807. The molecule has 1 amide bonds. The molecular weight excluding hydrogens is 326 g/mol. The molecule has 0 atom stereocenters. The third-order valence-electron chi connectivity index (χ3n) is 3.35. The highest BCUT2D eigenvalue weighted by Crippen LogP contribution is 2.30. The first-order valence-corrected chi connectivity index (χ1v) is 8.18. The maximum absolute atomic E-state index is 12.4. The van der Waals surface area contributed by atoms with Gasteiger partial charge in [-0.25, -0.2) is 12.7 Å². The Morgan fingerprint density at radius 1 is 1.09 bits per heavy atom. The number of hydrogen-bond acceptors (Lipinski definition) is 4. The van der Waals surface area contributed by atoms with Crippen LogP contribution in [0.4, 0.5) is 0 Å². The molecule has 0 aliphatic carbocycles. The number of benzene rings is 2. The SMILES string of the molecule is O=C(CN1C(=O)c2ccccc2S1(=O)=O)c1cccc(Cl)c1. The van der Waals surface area contributed by atoms with Gasteiger partial charge in [0.2, 0.25) is 0 Å². The summed E-state index contributed by atoms with van der Waals surface area (Å²) < 4.78 is 25.3. The number of halogens is 1. The number of ketones is 1. The van der Waals surface area contributed by atoms with Crippen LogP contribution >= 0.6 is 11.6 Å². The molecule has 0 saturated carbocycles. The maximum Gasteiger partial charge on any atom is 0.269 e. The predicted molar refractivity (Wildman–Crippen MR) is 80.4 cm³/mol. The van der Waals surface area contributed by atoms with Crippen molar-refractivity contribution < 1.29 is 18.0 Å². The van der Waals surface area contributed by atoms with Gasteiger partial charge < -0.3 is 0 Å². The van der Waals surface area contributed by atoms with Gasteiger partial charge in [0.25, 0.3) is 15.9 Å². The summed E-state index contributed by atoms with van der Waals surface area (Å²) in [5, 5.41) is 0.366. The minimum Gasteiger partial charge on any atom is -0.292 e. The molecule has 1 aliphatic heterocycles. The van der Waals surface area contributed by atoms with Crippen LogP contribution in [-0.2, 0) is 10.0 Å². The molecule has 0 aromatic heterocycles. The van der Waals surface area contributed by atoms with E-state index in [1.807, 2.05) is 0 Å². The predicted octanol–water partition coefficient (Wildman–Crippen LogP) is 2.37. The molecule has 0 saturated heterocycles. The highest BCUT2D eigenvalue weighted by molar-refractivity contribution is 7.90. The standard InChI is InChI=1S/C15H10ClNO4S/c16-11-5-3-4-10(8-11)13(18)9-17-15(19)12-6-1-2-7-14(12)22(17,20)21/h1-8H,9H2. The molecule has 0 fully saturated rings. The molecule has 0 bridgehead atoms. The fourth-order valence-corrected chi connectivity index (χ4v) is 3.99. The van der Waals surface area contributed by atoms with Crippen LogP contribution in [0, 0.1) is 0 Å². The summed E-state index contributed by atoms with van der Waals surface area (Å²) in [5.41, 5.74) is 0.341. The van der Waals surface area contributed by atoms with Crippen LogP contribution in [0.5, 0.6) is 0 Å². The van der Waals surface area contributed by atoms with Crippen molar-refractivity contribution in [3.05, 3.63) is 64.7 Å². The van der Waals surface area contributed by atoms with Gasteiger partial charge in [-0.3, -0.25) is 9.59 Å². The first-order valence-electron chi connectivity index (χ1n) is 6.36. The zero-order chi connectivity index (χ0) is 15.9. The van der Waals surface area contributed by atoms with E-state index >= 15 is 0 Å². The van der Waals surface area contributed by atoms with Gasteiger partial charge >= 0.3 is 0 Å². The number of carbonyl (C=O) groups is 2. The van der Waals surface area contributed by atoms with E-state index in [2.05, 4.69) is 0 Å². The van der Waals surface area contributed by atoms with Crippen molar-refractivity contribution in [3.63, 3.8) is 0 Å². The molecular formula is C15H10ClNO4S. The van der Waals surface area contributed by atoms with Crippen LogP contribution in [0.25, 0.3) is 0 Å². The summed E-state index contributed by atoms with van der Waals surface area (Å²) in [5.74, 6) is -1.18. The van der Waals surface area contributed by atoms with Gasteiger partial charge in [-0.15, -0.1) is 0 Å². The molecule has 2 aromatic carbocycles. The van der Waals surface area contributed by atoms with E-state index in [4.69, 9.17) is 11.6 Å². The number of nitrogens with zero attached hydrogens (tertiary/aromatic N) is 1. The molecule has 0 N–H and O–H groups in total.